The fraction of sp³-hybridized carbons (Fsp3) is 0.316. The zero-order valence-corrected chi connectivity index (χ0v) is 15.2. The van der Waals surface area contributed by atoms with E-state index in [2.05, 4.69) is 0 Å². The van der Waals surface area contributed by atoms with Gasteiger partial charge in [-0.1, -0.05) is 18.2 Å². The van der Waals surface area contributed by atoms with Crippen LogP contribution in [0.4, 0.5) is 18.0 Å². The average Bonchev–Trinajstić information content (AvgIpc) is 2.93. The summed E-state index contributed by atoms with van der Waals surface area (Å²) in [6, 6.07) is 10.4. The van der Waals surface area contributed by atoms with Crippen molar-refractivity contribution >= 4 is 17.0 Å². The summed E-state index contributed by atoms with van der Waals surface area (Å²) >= 11 is 0.856. The van der Waals surface area contributed by atoms with Crippen LogP contribution in [0.15, 0.2) is 42.5 Å². The molecule has 2 N–H and O–H groups in total. The molecule has 144 valence electrons. The molecule has 2 atom stereocenters. The Morgan fingerprint density at radius 2 is 2.07 bits per heavy atom. The van der Waals surface area contributed by atoms with Crippen molar-refractivity contribution in [1.29, 1.82) is 0 Å². The molecule has 0 saturated carbocycles. The molecule has 27 heavy (non-hydrogen) atoms. The van der Waals surface area contributed by atoms with Crippen LogP contribution in [-0.2, 0) is 13.2 Å². The molecule has 1 unspecified atom stereocenters. The molecule has 3 rings (SSSR count). The summed E-state index contributed by atoms with van der Waals surface area (Å²) in [4.78, 5) is 12.8. The van der Waals surface area contributed by atoms with E-state index in [1.807, 2.05) is 0 Å². The minimum Gasteiger partial charge on any atom is -0.489 e. The number of alkyl halides is 1. The van der Waals surface area contributed by atoms with Gasteiger partial charge in [0.1, 0.15) is 30.2 Å². The van der Waals surface area contributed by atoms with Crippen molar-refractivity contribution in [3.8, 4) is 5.75 Å². The van der Waals surface area contributed by atoms with Crippen LogP contribution < -0.4 is 10.5 Å². The Balaban J connectivity index is 1.63. The SMILES string of the molecule is NC(=O)SC1C[C@@H](F)CN1Cc1ccc(OCc2cccc(F)c2)cc1F. The average molecular weight is 396 g/mol. The molecule has 1 fully saturated rings. The molecule has 1 saturated heterocycles. The van der Waals surface area contributed by atoms with Crippen LogP contribution in [0.2, 0.25) is 0 Å². The van der Waals surface area contributed by atoms with E-state index in [1.165, 1.54) is 18.2 Å². The molecule has 1 heterocycles. The summed E-state index contributed by atoms with van der Waals surface area (Å²) in [6.45, 7) is 0.410. The fourth-order valence-electron chi connectivity index (χ4n) is 3.00. The number of hydrogen-bond donors (Lipinski definition) is 1. The topological polar surface area (TPSA) is 55.6 Å². The number of hydrogen-bond acceptors (Lipinski definition) is 4. The highest BCUT2D eigenvalue weighted by Crippen LogP contribution is 2.31. The second-order valence-corrected chi connectivity index (χ2v) is 7.51. The highest BCUT2D eigenvalue weighted by Gasteiger charge is 2.34. The second kappa shape index (κ2) is 8.67. The van der Waals surface area contributed by atoms with Gasteiger partial charge in [0, 0.05) is 31.1 Å². The number of amides is 1. The van der Waals surface area contributed by atoms with Gasteiger partial charge in [0.15, 0.2) is 0 Å². The predicted octanol–water partition coefficient (Wildman–Crippen LogP) is 4.23. The number of nitrogens with zero attached hydrogens (tertiary/aromatic N) is 1. The van der Waals surface area contributed by atoms with Gasteiger partial charge in [0.05, 0.1) is 5.37 Å². The first-order valence-electron chi connectivity index (χ1n) is 8.40. The van der Waals surface area contributed by atoms with E-state index in [9.17, 15) is 18.0 Å². The van der Waals surface area contributed by atoms with Crippen LogP contribution >= 0.6 is 11.8 Å². The summed E-state index contributed by atoms with van der Waals surface area (Å²) in [7, 11) is 0. The lowest BCUT2D eigenvalue weighted by molar-refractivity contribution is 0.262. The molecule has 2 aromatic rings. The first-order valence-corrected chi connectivity index (χ1v) is 9.28. The minimum atomic E-state index is -1.07. The van der Waals surface area contributed by atoms with Crippen LogP contribution in [0.1, 0.15) is 17.5 Å². The second-order valence-electron chi connectivity index (χ2n) is 6.33. The molecule has 1 aliphatic rings. The largest absolute Gasteiger partial charge is 0.489 e. The highest BCUT2D eigenvalue weighted by molar-refractivity contribution is 8.14. The highest BCUT2D eigenvalue weighted by atomic mass is 32.2. The number of primary amides is 1. The third-order valence-electron chi connectivity index (χ3n) is 4.24. The molecule has 0 aliphatic carbocycles. The summed E-state index contributed by atoms with van der Waals surface area (Å²) in [5.41, 5.74) is 6.18. The number of thioether (sulfide) groups is 1. The molecule has 0 aromatic heterocycles. The quantitative estimate of drug-likeness (QED) is 0.794. The van der Waals surface area contributed by atoms with E-state index in [0.29, 0.717) is 16.9 Å². The number of carbonyl (C=O) groups is 1. The molecule has 0 bridgehead atoms. The standard InChI is InChI=1S/C19H19F3N2O2S/c20-14-3-1-2-12(6-14)11-26-16-5-4-13(17(22)8-16)9-24-10-15(21)7-18(24)27-19(23)25/h1-6,8,15,18H,7,9-11H2,(H2,23,25)/t15-,18?/m1/s1. The Hall–Kier alpha value is -2.19. The van der Waals surface area contributed by atoms with Crippen molar-refractivity contribution in [2.24, 2.45) is 5.73 Å². The van der Waals surface area contributed by atoms with Crippen LogP contribution in [0, 0.1) is 11.6 Å². The smallest absolute Gasteiger partial charge is 0.278 e. The van der Waals surface area contributed by atoms with Crippen molar-refractivity contribution in [2.45, 2.75) is 31.1 Å². The van der Waals surface area contributed by atoms with Gasteiger partial charge < -0.3 is 10.5 Å². The van der Waals surface area contributed by atoms with Gasteiger partial charge in [0.2, 0.25) is 0 Å². The molecule has 0 spiro atoms. The predicted molar refractivity (Wildman–Crippen MR) is 98.0 cm³/mol. The summed E-state index contributed by atoms with van der Waals surface area (Å²) in [6.07, 6.45) is -0.886. The molecule has 2 aromatic carbocycles. The van der Waals surface area contributed by atoms with Gasteiger partial charge in [-0.2, -0.15) is 0 Å². The number of likely N-dealkylation sites (tertiary alicyclic amines) is 1. The minimum absolute atomic E-state index is 0.115. The number of rotatable bonds is 6. The first-order chi connectivity index (χ1) is 12.9. The lowest BCUT2D eigenvalue weighted by Crippen LogP contribution is -2.29. The van der Waals surface area contributed by atoms with E-state index in [1.54, 1.807) is 29.2 Å². The van der Waals surface area contributed by atoms with E-state index in [4.69, 9.17) is 10.5 Å². The van der Waals surface area contributed by atoms with Crippen LogP contribution in [0.25, 0.3) is 0 Å². The summed E-state index contributed by atoms with van der Waals surface area (Å²) < 4.78 is 46.8. The number of carbonyl (C=O) groups excluding carboxylic acids is 1. The molecule has 1 amide bonds. The van der Waals surface area contributed by atoms with Crippen molar-refractivity contribution < 1.29 is 22.7 Å². The maximum Gasteiger partial charge on any atom is 0.278 e. The monoisotopic (exact) mass is 396 g/mol. The molecule has 0 radical (unpaired) electrons. The fourth-order valence-corrected chi connectivity index (χ4v) is 3.88. The lowest BCUT2D eigenvalue weighted by atomic mass is 10.2. The van der Waals surface area contributed by atoms with E-state index < -0.39 is 22.6 Å². The van der Waals surface area contributed by atoms with Crippen LogP contribution in [0.5, 0.6) is 5.75 Å². The molecular formula is C19H19F3N2O2S. The van der Waals surface area contributed by atoms with Gasteiger partial charge in [-0.25, -0.2) is 13.2 Å². The molecule has 4 nitrogen and oxygen atoms in total. The zero-order valence-electron chi connectivity index (χ0n) is 14.4. The van der Waals surface area contributed by atoms with Gasteiger partial charge in [-0.15, -0.1) is 0 Å². The first kappa shape index (κ1) is 19.6. The number of benzene rings is 2. The van der Waals surface area contributed by atoms with Crippen LogP contribution in [-0.4, -0.2) is 28.2 Å². The number of halogens is 3. The zero-order chi connectivity index (χ0) is 19.4. The normalized spacial score (nSPS) is 20.0. The summed E-state index contributed by atoms with van der Waals surface area (Å²) in [5, 5.41) is -0.985. The van der Waals surface area contributed by atoms with Crippen molar-refractivity contribution in [3.05, 3.63) is 65.2 Å². The number of ether oxygens (including phenoxy) is 1. The van der Waals surface area contributed by atoms with Gasteiger partial charge >= 0.3 is 0 Å². The van der Waals surface area contributed by atoms with E-state index >= 15 is 0 Å². The Morgan fingerprint density at radius 3 is 2.78 bits per heavy atom. The molecule has 8 heteroatoms. The Bertz CT molecular complexity index is 821. The molecular weight excluding hydrogens is 377 g/mol. The number of nitrogens with two attached hydrogens (primary N) is 1. The maximum atomic E-state index is 14.4. The van der Waals surface area contributed by atoms with Crippen LogP contribution in [0.3, 0.4) is 0 Å². The van der Waals surface area contributed by atoms with Gasteiger partial charge in [-0.05, 0) is 35.5 Å². The van der Waals surface area contributed by atoms with Gasteiger partial charge in [0.25, 0.3) is 5.24 Å². The van der Waals surface area contributed by atoms with Gasteiger partial charge in [-0.3, -0.25) is 9.69 Å². The maximum absolute atomic E-state index is 14.4. The van der Waals surface area contributed by atoms with Crippen molar-refractivity contribution in [1.82, 2.24) is 4.90 Å². The Kier molecular flexibility index (Phi) is 6.28. The van der Waals surface area contributed by atoms with E-state index in [0.717, 1.165) is 11.8 Å². The summed E-state index contributed by atoms with van der Waals surface area (Å²) in [5.74, 6) is -0.539. The van der Waals surface area contributed by atoms with Crippen molar-refractivity contribution in [2.75, 3.05) is 6.54 Å². The Morgan fingerprint density at radius 1 is 1.26 bits per heavy atom. The van der Waals surface area contributed by atoms with E-state index in [-0.39, 0.29) is 31.9 Å². The van der Waals surface area contributed by atoms with Crippen molar-refractivity contribution in [3.63, 3.8) is 0 Å². The third kappa shape index (κ3) is 5.40. The lowest BCUT2D eigenvalue weighted by Gasteiger charge is -2.22. The third-order valence-corrected chi connectivity index (χ3v) is 5.24. The molecule has 1 aliphatic heterocycles. The Labute approximate surface area is 159 Å².